The van der Waals surface area contributed by atoms with Gasteiger partial charge in [0.15, 0.2) is 0 Å². The first-order chi connectivity index (χ1) is 5.00. The van der Waals surface area contributed by atoms with Crippen LogP contribution >= 0.6 is 0 Å². The molecular weight excluding hydrogens is 138 g/mol. The third kappa shape index (κ3) is 2.46. The minimum Gasteiger partial charge on any atom is -0.378 e. The van der Waals surface area contributed by atoms with Gasteiger partial charge in [0.25, 0.3) is 0 Å². The lowest BCUT2D eigenvalue weighted by Gasteiger charge is -2.37. The summed E-state index contributed by atoms with van der Waals surface area (Å²) in [5.41, 5.74) is 0.314. The molecule has 2 atom stereocenters. The average molecular weight is 157 g/mol. The van der Waals surface area contributed by atoms with Gasteiger partial charge in [-0.3, -0.25) is 0 Å². The molecule has 0 aliphatic carbocycles. The molecule has 1 rings (SSSR count). The zero-order chi connectivity index (χ0) is 8.48. The summed E-state index contributed by atoms with van der Waals surface area (Å²) in [4.78, 5) is 0. The SMILES string of the molecule is CC1COCC(C(C)(C)C)N1. The smallest absolute Gasteiger partial charge is 0.0625 e. The van der Waals surface area contributed by atoms with Crippen LogP contribution in [0, 0.1) is 5.41 Å². The molecule has 0 spiro atoms. The monoisotopic (exact) mass is 157 g/mol. The Balaban J connectivity index is 2.46. The van der Waals surface area contributed by atoms with Crippen molar-refractivity contribution in [1.82, 2.24) is 5.32 Å². The van der Waals surface area contributed by atoms with Crippen molar-refractivity contribution in [1.29, 1.82) is 0 Å². The van der Waals surface area contributed by atoms with Gasteiger partial charge in [-0.1, -0.05) is 20.8 Å². The maximum atomic E-state index is 5.46. The molecule has 0 radical (unpaired) electrons. The maximum absolute atomic E-state index is 5.46. The van der Waals surface area contributed by atoms with E-state index in [2.05, 4.69) is 33.0 Å². The van der Waals surface area contributed by atoms with E-state index in [1.54, 1.807) is 0 Å². The highest BCUT2D eigenvalue weighted by Crippen LogP contribution is 2.21. The molecule has 1 fully saturated rings. The molecule has 1 heterocycles. The fourth-order valence-electron chi connectivity index (χ4n) is 1.30. The number of ether oxygens (including phenoxy) is 1. The standard InChI is InChI=1S/C9H19NO/c1-7-5-11-6-8(10-7)9(2,3)4/h7-8,10H,5-6H2,1-4H3. The Labute approximate surface area is 69.3 Å². The van der Waals surface area contributed by atoms with Crippen molar-refractivity contribution in [2.24, 2.45) is 5.41 Å². The van der Waals surface area contributed by atoms with Crippen LogP contribution in [-0.2, 0) is 4.74 Å². The number of nitrogens with one attached hydrogen (secondary N) is 1. The van der Waals surface area contributed by atoms with Crippen LogP contribution in [0.1, 0.15) is 27.7 Å². The molecule has 0 aromatic rings. The van der Waals surface area contributed by atoms with Crippen molar-refractivity contribution in [3.8, 4) is 0 Å². The molecule has 2 heteroatoms. The van der Waals surface area contributed by atoms with Crippen LogP contribution in [0.15, 0.2) is 0 Å². The third-order valence-electron chi connectivity index (χ3n) is 2.18. The molecule has 1 saturated heterocycles. The topological polar surface area (TPSA) is 21.3 Å². The summed E-state index contributed by atoms with van der Waals surface area (Å²) >= 11 is 0. The summed E-state index contributed by atoms with van der Waals surface area (Å²) in [5, 5.41) is 3.53. The molecule has 0 aromatic carbocycles. The van der Waals surface area contributed by atoms with Gasteiger partial charge in [-0.15, -0.1) is 0 Å². The second kappa shape index (κ2) is 3.11. The molecular formula is C9H19NO. The van der Waals surface area contributed by atoms with Crippen LogP contribution in [0.2, 0.25) is 0 Å². The van der Waals surface area contributed by atoms with E-state index in [1.807, 2.05) is 0 Å². The predicted octanol–water partition coefficient (Wildman–Crippen LogP) is 1.41. The molecule has 66 valence electrons. The molecule has 0 bridgehead atoms. The third-order valence-corrected chi connectivity index (χ3v) is 2.18. The van der Waals surface area contributed by atoms with Crippen molar-refractivity contribution in [3.05, 3.63) is 0 Å². The minimum absolute atomic E-state index is 0.314. The van der Waals surface area contributed by atoms with Crippen LogP contribution in [0.5, 0.6) is 0 Å². The maximum Gasteiger partial charge on any atom is 0.0625 e. The van der Waals surface area contributed by atoms with Gasteiger partial charge in [0.05, 0.1) is 13.2 Å². The highest BCUT2D eigenvalue weighted by Gasteiger charge is 2.28. The Morgan fingerprint density at radius 3 is 2.27 bits per heavy atom. The molecule has 2 unspecified atom stereocenters. The van der Waals surface area contributed by atoms with Gasteiger partial charge >= 0.3 is 0 Å². The van der Waals surface area contributed by atoms with Crippen LogP contribution in [0.25, 0.3) is 0 Å². The average Bonchev–Trinajstić information content (AvgIpc) is 1.86. The number of morpholine rings is 1. The van der Waals surface area contributed by atoms with E-state index in [0.717, 1.165) is 13.2 Å². The summed E-state index contributed by atoms with van der Waals surface area (Å²) in [6.07, 6.45) is 0. The first kappa shape index (κ1) is 9.01. The van der Waals surface area contributed by atoms with Gasteiger partial charge in [0.1, 0.15) is 0 Å². The van der Waals surface area contributed by atoms with Gasteiger partial charge in [-0.05, 0) is 12.3 Å². The molecule has 2 nitrogen and oxygen atoms in total. The highest BCUT2D eigenvalue weighted by atomic mass is 16.5. The summed E-state index contributed by atoms with van der Waals surface area (Å²) < 4.78 is 5.46. The molecule has 1 aliphatic rings. The lowest BCUT2D eigenvalue weighted by molar-refractivity contribution is 0.0159. The Morgan fingerprint density at radius 1 is 1.27 bits per heavy atom. The van der Waals surface area contributed by atoms with E-state index in [-0.39, 0.29) is 0 Å². The lowest BCUT2D eigenvalue weighted by Crippen LogP contribution is -2.53. The van der Waals surface area contributed by atoms with Crippen molar-refractivity contribution < 1.29 is 4.74 Å². The van der Waals surface area contributed by atoms with Gasteiger partial charge < -0.3 is 10.1 Å². The molecule has 11 heavy (non-hydrogen) atoms. The Kier molecular flexibility index (Phi) is 2.55. The van der Waals surface area contributed by atoms with E-state index in [9.17, 15) is 0 Å². The molecule has 0 aromatic heterocycles. The van der Waals surface area contributed by atoms with E-state index >= 15 is 0 Å². The van der Waals surface area contributed by atoms with Gasteiger partial charge in [0.2, 0.25) is 0 Å². The number of rotatable bonds is 0. The lowest BCUT2D eigenvalue weighted by atomic mass is 9.86. The Morgan fingerprint density at radius 2 is 1.91 bits per heavy atom. The predicted molar refractivity (Wildman–Crippen MR) is 46.7 cm³/mol. The fourth-order valence-corrected chi connectivity index (χ4v) is 1.30. The molecule has 1 N–H and O–H groups in total. The van der Waals surface area contributed by atoms with Crippen LogP contribution < -0.4 is 5.32 Å². The molecule has 0 amide bonds. The van der Waals surface area contributed by atoms with Crippen molar-refractivity contribution in [2.45, 2.75) is 39.8 Å². The summed E-state index contributed by atoms with van der Waals surface area (Å²) in [6, 6.07) is 1.01. The first-order valence-corrected chi connectivity index (χ1v) is 4.34. The Hall–Kier alpha value is -0.0800. The van der Waals surface area contributed by atoms with Crippen molar-refractivity contribution in [3.63, 3.8) is 0 Å². The molecule has 0 saturated carbocycles. The van der Waals surface area contributed by atoms with Crippen molar-refractivity contribution >= 4 is 0 Å². The quantitative estimate of drug-likeness (QED) is 0.574. The van der Waals surface area contributed by atoms with Crippen LogP contribution in [0.3, 0.4) is 0 Å². The van der Waals surface area contributed by atoms with E-state index < -0.39 is 0 Å². The zero-order valence-electron chi connectivity index (χ0n) is 7.98. The largest absolute Gasteiger partial charge is 0.378 e. The van der Waals surface area contributed by atoms with Gasteiger partial charge in [-0.25, -0.2) is 0 Å². The minimum atomic E-state index is 0.314. The van der Waals surface area contributed by atoms with Crippen LogP contribution in [0.4, 0.5) is 0 Å². The number of hydrogen-bond donors (Lipinski definition) is 1. The Bertz CT molecular complexity index is 128. The van der Waals surface area contributed by atoms with E-state index in [4.69, 9.17) is 4.74 Å². The summed E-state index contributed by atoms with van der Waals surface area (Å²) in [7, 11) is 0. The van der Waals surface area contributed by atoms with E-state index in [0.29, 0.717) is 17.5 Å². The number of hydrogen-bond acceptors (Lipinski definition) is 2. The second-order valence-electron chi connectivity index (χ2n) is 4.52. The summed E-state index contributed by atoms with van der Waals surface area (Å²) in [6.45, 7) is 10.6. The highest BCUT2D eigenvalue weighted by molar-refractivity contribution is 4.85. The van der Waals surface area contributed by atoms with Gasteiger partial charge in [-0.2, -0.15) is 0 Å². The zero-order valence-corrected chi connectivity index (χ0v) is 7.98. The van der Waals surface area contributed by atoms with E-state index in [1.165, 1.54) is 0 Å². The second-order valence-corrected chi connectivity index (χ2v) is 4.52. The van der Waals surface area contributed by atoms with Gasteiger partial charge in [0, 0.05) is 12.1 Å². The van der Waals surface area contributed by atoms with Crippen molar-refractivity contribution in [2.75, 3.05) is 13.2 Å². The summed E-state index contributed by atoms with van der Waals surface area (Å²) in [5.74, 6) is 0. The fraction of sp³-hybridized carbons (Fsp3) is 1.00. The normalized spacial score (nSPS) is 33.8. The first-order valence-electron chi connectivity index (χ1n) is 4.34. The molecule has 1 aliphatic heterocycles. The van der Waals surface area contributed by atoms with Crippen LogP contribution in [-0.4, -0.2) is 25.3 Å².